The molecule has 0 atom stereocenters. The SMILES string of the molecule is CCOC(=O)CCN(CCC1=CCCCC1)C(=O)c1ccc2c(c1)OCO2. The molecule has 2 aliphatic rings. The Balaban J connectivity index is 1.67. The number of nitrogens with zero attached hydrogens (tertiary/aromatic N) is 1. The quantitative estimate of drug-likeness (QED) is 0.513. The van der Waals surface area contributed by atoms with Gasteiger partial charge in [0.05, 0.1) is 13.0 Å². The average molecular weight is 373 g/mol. The van der Waals surface area contributed by atoms with E-state index in [1.54, 1.807) is 30.0 Å². The van der Waals surface area contributed by atoms with Crippen molar-refractivity contribution in [2.45, 2.75) is 45.4 Å². The number of rotatable bonds is 8. The van der Waals surface area contributed by atoms with Crippen LogP contribution in [0.15, 0.2) is 29.8 Å². The summed E-state index contributed by atoms with van der Waals surface area (Å²) in [6, 6.07) is 5.21. The van der Waals surface area contributed by atoms with E-state index in [-0.39, 0.29) is 25.1 Å². The standard InChI is InChI=1S/C21H27NO5/c1-2-25-20(23)11-13-22(12-10-16-6-4-3-5-7-16)21(24)17-8-9-18-19(14-17)27-15-26-18/h6,8-9,14H,2-5,7,10-13,15H2,1H3. The lowest BCUT2D eigenvalue weighted by molar-refractivity contribution is -0.143. The summed E-state index contributed by atoms with van der Waals surface area (Å²) in [6.45, 7) is 3.25. The number of ether oxygens (including phenoxy) is 3. The van der Waals surface area contributed by atoms with Gasteiger partial charge in [-0.25, -0.2) is 0 Å². The third kappa shape index (κ3) is 5.25. The molecule has 6 heteroatoms. The summed E-state index contributed by atoms with van der Waals surface area (Å²) in [5.41, 5.74) is 1.95. The van der Waals surface area contributed by atoms with Crippen molar-refractivity contribution in [1.82, 2.24) is 4.90 Å². The van der Waals surface area contributed by atoms with Gasteiger partial charge in [0.25, 0.3) is 5.91 Å². The normalized spacial score (nSPS) is 15.2. The predicted molar refractivity (Wildman–Crippen MR) is 101 cm³/mol. The number of hydrogen-bond acceptors (Lipinski definition) is 5. The van der Waals surface area contributed by atoms with Gasteiger partial charge in [-0.05, 0) is 57.2 Å². The molecule has 0 saturated carbocycles. The number of amides is 1. The van der Waals surface area contributed by atoms with Crippen LogP contribution in [0.5, 0.6) is 11.5 Å². The summed E-state index contributed by atoms with van der Waals surface area (Å²) in [5, 5.41) is 0. The fraction of sp³-hybridized carbons (Fsp3) is 0.524. The average Bonchev–Trinajstić information content (AvgIpc) is 3.16. The van der Waals surface area contributed by atoms with E-state index < -0.39 is 0 Å². The van der Waals surface area contributed by atoms with Crippen molar-refractivity contribution in [1.29, 1.82) is 0 Å². The van der Waals surface area contributed by atoms with Crippen molar-refractivity contribution >= 4 is 11.9 Å². The number of esters is 1. The fourth-order valence-corrected chi connectivity index (χ4v) is 3.40. The van der Waals surface area contributed by atoms with E-state index in [0.29, 0.717) is 36.8 Å². The van der Waals surface area contributed by atoms with E-state index in [1.807, 2.05) is 0 Å². The van der Waals surface area contributed by atoms with Crippen molar-refractivity contribution in [3.8, 4) is 11.5 Å². The number of hydrogen-bond donors (Lipinski definition) is 0. The Kier molecular flexibility index (Phi) is 6.74. The molecule has 1 heterocycles. The molecule has 0 aromatic heterocycles. The number of carbonyl (C=O) groups is 2. The Bertz CT molecular complexity index is 713. The molecule has 0 spiro atoms. The Hall–Kier alpha value is -2.50. The van der Waals surface area contributed by atoms with E-state index in [0.717, 1.165) is 19.3 Å². The number of allylic oxidation sites excluding steroid dienone is 1. The molecule has 1 aliphatic heterocycles. The highest BCUT2D eigenvalue weighted by Gasteiger charge is 2.21. The fourth-order valence-electron chi connectivity index (χ4n) is 3.40. The minimum Gasteiger partial charge on any atom is -0.466 e. The van der Waals surface area contributed by atoms with E-state index >= 15 is 0 Å². The van der Waals surface area contributed by atoms with Crippen molar-refractivity contribution in [2.75, 3.05) is 26.5 Å². The van der Waals surface area contributed by atoms with E-state index in [9.17, 15) is 9.59 Å². The molecule has 0 fully saturated rings. The molecule has 0 N–H and O–H groups in total. The van der Waals surface area contributed by atoms with E-state index in [2.05, 4.69) is 6.08 Å². The lowest BCUT2D eigenvalue weighted by atomic mass is 9.97. The number of benzene rings is 1. The Morgan fingerprint density at radius 1 is 1.15 bits per heavy atom. The first-order chi connectivity index (χ1) is 13.2. The lowest BCUT2D eigenvalue weighted by Crippen LogP contribution is -2.34. The summed E-state index contributed by atoms with van der Waals surface area (Å²) in [4.78, 5) is 26.5. The molecule has 0 saturated heterocycles. The third-order valence-electron chi connectivity index (χ3n) is 4.89. The summed E-state index contributed by atoms with van der Waals surface area (Å²) in [5.74, 6) is 0.852. The molecule has 146 valence electrons. The summed E-state index contributed by atoms with van der Waals surface area (Å²) in [6.07, 6.45) is 8.01. The van der Waals surface area contributed by atoms with Crippen LogP contribution in [0.1, 0.15) is 55.8 Å². The smallest absolute Gasteiger partial charge is 0.307 e. The van der Waals surface area contributed by atoms with Crippen LogP contribution in [0.3, 0.4) is 0 Å². The highest BCUT2D eigenvalue weighted by molar-refractivity contribution is 5.95. The molecular formula is C21H27NO5. The Morgan fingerprint density at radius 2 is 2.00 bits per heavy atom. The lowest BCUT2D eigenvalue weighted by Gasteiger charge is -2.24. The number of fused-ring (bicyclic) bond motifs is 1. The molecule has 1 amide bonds. The van der Waals surface area contributed by atoms with Crippen LogP contribution in [0.25, 0.3) is 0 Å². The van der Waals surface area contributed by atoms with Crippen LogP contribution in [0.2, 0.25) is 0 Å². The largest absolute Gasteiger partial charge is 0.466 e. The van der Waals surface area contributed by atoms with Crippen molar-refractivity contribution in [3.63, 3.8) is 0 Å². The highest BCUT2D eigenvalue weighted by atomic mass is 16.7. The monoisotopic (exact) mass is 373 g/mol. The van der Waals surface area contributed by atoms with Crippen molar-refractivity contribution in [3.05, 3.63) is 35.4 Å². The van der Waals surface area contributed by atoms with Gasteiger partial charge in [-0.3, -0.25) is 9.59 Å². The van der Waals surface area contributed by atoms with Gasteiger partial charge >= 0.3 is 5.97 Å². The summed E-state index contributed by atoms with van der Waals surface area (Å²) >= 11 is 0. The van der Waals surface area contributed by atoms with Gasteiger partial charge in [0.15, 0.2) is 11.5 Å². The first kappa shape index (κ1) is 19.3. The zero-order chi connectivity index (χ0) is 19.1. The van der Waals surface area contributed by atoms with E-state index in [1.165, 1.54) is 18.4 Å². The van der Waals surface area contributed by atoms with E-state index in [4.69, 9.17) is 14.2 Å². The van der Waals surface area contributed by atoms with Gasteiger partial charge < -0.3 is 19.1 Å². The van der Waals surface area contributed by atoms with Gasteiger partial charge in [0.2, 0.25) is 6.79 Å². The minimum atomic E-state index is -0.280. The molecule has 1 aromatic carbocycles. The first-order valence-corrected chi connectivity index (χ1v) is 9.70. The molecule has 1 aliphatic carbocycles. The van der Waals surface area contributed by atoms with Crippen molar-refractivity contribution < 1.29 is 23.8 Å². The maximum atomic E-state index is 13.0. The molecule has 1 aromatic rings. The highest BCUT2D eigenvalue weighted by Crippen LogP contribution is 2.33. The first-order valence-electron chi connectivity index (χ1n) is 9.70. The summed E-state index contributed by atoms with van der Waals surface area (Å²) in [7, 11) is 0. The zero-order valence-corrected chi connectivity index (χ0v) is 15.9. The maximum Gasteiger partial charge on any atom is 0.307 e. The second-order valence-corrected chi connectivity index (χ2v) is 6.77. The molecule has 6 nitrogen and oxygen atoms in total. The predicted octanol–water partition coefficient (Wildman–Crippen LogP) is 3.70. The molecule has 0 unspecified atom stereocenters. The van der Waals surface area contributed by atoms with Crippen LogP contribution in [-0.4, -0.2) is 43.3 Å². The second kappa shape index (κ2) is 9.44. The Labute approximate surface area is 160 Å². The van der Waals surface area contributed by atoms with Crippen LogP contribution in [-0.2, 0) is 9.53 Å². The van der Waals surface area contributed by atoms with Crippen molar-refractivity contribution in [2.24, 2.45) is 0 Å². The van der Waals surface area contributed by atoms with Crippen LogP contribution < -0.4 is 9.47 Å². The molecule has 3 rings (SSSR count). The molecule has 27 heavy (non-hydrogen) atoms. The maximum absolute atomic E-state index is 13.0. The van der Waals surface area contributed by atoms with Crippen LogP contribution in [0.4, 0.5) is 0 Å². The molecule has 0 bridgehead atoms. The second-order valence-electron chi connectivity index (χ2n) is 6.77. The topological polar surface area (TPSA) is 65.1 Å². The zero-order valence-electron chi connectivity index (χ0n) is 15.9. The van der Waals surface area contributed by atoms with Gasteiger partial charge in [0, 0.05) is 18.7 Å². The Morgan fingerprint density at radius 3 is 2.78 bits per heavy atom. The minimum absolute atomic E-state index is 0.103. The van der Waals surface area contributed by atoms with Gasteiger partial charge in [0.1, 0.15) is 0 Å². The molecule has 0 radical (unpaired) electrons. The van der Waals surface area contributed by atoms with Gasteiger partial charge in [-0.2, -0.15) is 0 Å². The van der Waals surface area contributed by atoms with Gasteiger partial charge in [-0.1, -0.05) is 11.6 Å². The summed E-state index contributed by atoms with van der Waals surface area (Å²) < 4.78 is 15.7. The molecular weight excluding hydrogens is 346 g/mol. The van der Waals surface area contributed by atoms with Crippen LogP contribution in [0, 0.1) is 0 Å². The number of carbonyl (C=O) groups excluding carboxylic acids is 2. The third-order valence-corrected chi connectivity index (χ3v) is 4.89. The van der Waals surface area contributed by atoms with Gasteiger partial charge in [-0.15, -0.1) is 0 Å². The van der Waals surface area contributed by atoms with Crippen LogP contribution >= 0.6 is 0 Å².